The third kappa shape index (κ3) is 1.59. The van der Waals surface area contributed by atoms with Crippen LogP contribution in [0.2, 0.25) is 0 Å². The highest BCUT2D eigenvalue weighted by Gasteiger charge is 2.15. The topological polar surface area (TPSA) is 20.3 Å². The largest absolute Gasteiger partial charge is 0.342 e. The van der Waals surface area contributed by atoms with E-state index in [1.807, 2.05) is 4.90 Å². The zero-order valence-electron chi connectivity index (χ0n) is 6.18. The van der Waals surface area contributed by atoms with Gasteiger partial charge in [-0.15, -0.1) is 6.58 Å². The van der Waals surface area contributed by atoms with Crippen molar-refractivity contribution in [2.45, 2.75) is 19.3 Å². The first kappa shape index (κ1) is 7.32. The summed E-state index contributed by atoms with van der Waals surface area (Å²) in [4.78, 5) is 13.0. The molecular formula is C8H13NO. The molecule has 1 saturated heterocycles. The molecule has 0 unspecified atom stereocenters. The molecule has 1 heterocycles. The van der Waals surface area contributed by atoms with Crippen LogP contribution in [0.5, 0.6) is 0 Å². The highest BCUT2D eigenvalue weighted by Crippen LogP contribution is 2.08. The minimum atomic E-state index is 0.229. The lowest BCUT2D eigenvalue weighted by Gasteiger charge is -2.12. The molecule has 0 atom stereocenters. The maximum atomic E-state index is 11.1. The van der Waals surface area contributed by atoms with E-state index in [0.717, 1.165) is 13.1 Å². The summed E-state index contributed by atoms with van der Waals surface area (Å²) in [6.45, 7) is 5.43. The predicted octanol–water partition coefficient (Wildman–Crippen LogP) is 1.18. The van der Waals surface area contributed by atoms with Gasteiger partial charge in [-0.1, -0.05) is 6.08 Å². The molecule has 2 nitrogen and oxygen atoms in total. The maximum absolute atomic E-state index is 11.1. The van der Waals surface area contributed by atoms with Crippen LogP contribution in [-0.4, -0.2) is 23.9 Å². The summed E-state index contributed by atoms with van der Waals surface area (Å²) in [5.74, 6) is 0.229. The number of carbonyl (C=O) groups is 1. The third-order valence-electron chi connectivity index (χ3n) is 1.78. The van der Waals surface area contributed by atoms with Crippen LogP contribution < -0.4 is 0 Å². The average Bonchev–Trinajstić information content (AvgIpc) is 2.38. The molecule has 0 aromatic rings. The number of amides is 1. The van der Waals surface area contributed by atoms with Crippen molar-refractivity contribution in [3.8, 4) is 0 Å². The highest BCUT2D eigenvalue weighted by atomic mass is 16.3. The fourth-order valence-corrected chi connectivity index (χ4v) is 1.22. The minimum absolute atomic E-state index is 0.229. The molecule has 0 aromatic carbocycles. The molecule has 2 heteroatoms. The first-order valence-corrected chi connectivity index (χ1v) is 3.73. The van der Waals surface area contributed by atoms with Gasteiger partial charge >= 0.3 is 0 Å². The van der Waals surface area contributed by atoms with Gasteiger partial charge in [-0.25, -0.2) is 0 Å². The average molecular weight is 141 g/mol. The Balaban J connectivity index is 2.32. The molecule has 0 radical (unpaired) electrons. The van der Waals surface area contributed by atoms with E-state index in [0.29, 0.717) is 6.42 Å². The summed E-state index contributed by atoms with van der Waals surface area (Å²) in [6, 6.07) is 0. The van der Waals surface area contributed by atoms with E-state index in [1.165, 1.54) is 12.8 Å². The molecule has 0 bridgehead atoms. The van der Waals surface area contributed by atoms with E-state index < -0.39 is 0 Å². The molecule has 1 rings (SSSR count). The Morgan fingerprint density at radius 2 is 2.10 bits per heavy atom. The second-order valence-corrected chi connectivity index (χ2v) is 2.58. The quantitative estimate of drug-likeness (QED) is 0.529. The second-order valence-electron chi connectivity index (χ2n) is 2.58. The van der Waals surface area contributed by atoms with Gasteiger partial charge in [0.1, 0.15) is 0 Å². The van der Waals surface area contributed by atoms with Crippen LogP contribution in [0.4, 0.5) is 0 Å². The SMILES string of the molecule is C=CC[14C](=O)N1CCCC1. The predicted molar refractivity (Wildman–Crippen MR) is 40.6 cm³/mol. The van der Waals surface area contributed by atoms with E-state index in [-0.39, 0.29) is 5.91 Å². The Morgan fingerprint density at radius 3 is 2.60 bits per heavy atom. The molecule has 1 fully saturated rings. The first-order chi connectivity index (χ1) is 4.84. The Morgan fingerprint density at radius 1 is 1.50 bits per heavy atom. The minimum Gasteiger partial charge on any atom is -0.342 e. The van der Waals surface area contributed by atoms with Gasteiger partial charge in [0, 0.05) is 19.5 Å². The summed E-state index contributed by atoms with van der Waals surface area (Å²) >= 11 is 0. The van der Waals surface area contributed by atoms with Crippen molar-refractivity contribution in [3.05, 3.63) is 12.7 Å². The van der Waals surface area contributed by atoms with Crippen molar-refractivity contribution >= 4 is 5.91 Å². The van der Waals surface area contributed by atoms with Crippen LogP contribution in [0.15, 0.2) is 12.7 Å². The zero-order valence-corrected chi connectivity index (χ0v) is 6.18. The number of rotatable bonds is 2. The number of likely N-dealkylation sites (tertiary alicyclic amines) is 1. The van der Waals surface area contributed by atoms with Gasteiger partial charge in [-0.05, 0) is 12.8 Å². The fourth-order valence-electron chi connectivity index (χ4n) is 1.22. The van der Waals surface area contributed by atoms with Gasteiger partial charge in [0.15, 0.2) is 0 Å². The molecule has 0 aromatic heterocycles. The highest BCUT2D eigenvalue weighted by molar-refractivity contribution is 5.77. The van der Waals surface area contributed by atoms with Gasteiger partial charge in [0.05, 0.1) is 0 Å². The van der Waals surface area contributed by atoms with Crippen molar-refractivity contribution in [1.29, 1.82) is 0 Å². The van der Waals surface area contributed by atoms with Crippen LogP contribution in [0.25, 0.3) is 0 Å². The van der Waals surface area contributed by atoms with E-state index in [2.05, 4.69) is 6.58 Å². The van der Waals surface area contributed by atoms with Crippen molar-refractivity contribution in [1.82, 2.24) is 4.90 Å². The van der Waals surface area contributed by atoms with Gasteiger partial charge in [-0.2, -0.15) is 0 Å². The Bertz CT molecular complexity index is 136. The lowest BCUT2D eigenvalue weighted by atomic mass is 10.4. The molecule has 0 aliphatic carbocycles. The van der Waals surface area contributed by atoms with E-state index in [9.17, 15) is 4.79 Å². The molecule has 0 spiro atoms. The number of nitrogens with zero attached hydrogens (tertiary/aromatic N) is 1. The Labute approximate surface area is 61.5 Å². The maximum Gasteiger partial charge on any atom is 0.226 e. The van der Waals surface area contributed by atoms with Crippen LogP contribution in [0.3, 0.4) is 0 Å². The van der Waals surface area contributed by atoms with Crippen LogP contribution >= 0.6 is 0 Å². The summed E-state index contributed by atoms with van der Waals surface area (Å²) in [5.41, 5.74) is 0. The van der Waals surface area contributed by atoms with Crippen LogP contribution in [-0.2, 0) is 4.79 Å². The van der Waals surface area contributed by atoms with E-state index in [1.54, 1.807) is 6.08 Å². The van der Waals surface area contributed by atoms with Gasteiger partial charge < -0.3 is 4.90 Å². The van der Waals surface area contributed by atoms with Crippen molar-refractivity contribution in [2.75, 3.05) is 13.1 Å². The van der Waals surface area contributed by atoms with Crippen LogP contribution in [0, 0.1) is 0 Å². The lowest BCUT2D eigenvalue weighted by molar-refractivity contribution is -0.129. The monoisotopic (exact) mass is 141 g/mol. The summed E-state index contributed by atoms with van der Waals surface area (Å²) < 4.78 is 0. The third-order valence-corrected chi connectivity index (χ3v) is 1.78. The Hall–Kier alpha value is -0.790. The smallest absolute Gasteiger partial charge is 0.226 e. The molecule has 10 heavy (non-hydrogen) atoms. The normalized spacial score (nSPS) is 17.4. The van der Waals surface area contributed by atoms with E-state index >= 15 is 0 Å². The van der Waals surface area contributed by atoms with Gasteiger partial charge in [-0.3, -0.25) is 4.79 Å². The zero-order chi connectivity index (χ0) is 7.40. The number of hydrogen-bond donors (Lipinski definition) is 0. The molecule has 0 N–H and O–H groups in total. The molecule has 1 aliphatic heterocycles. The first-order valence-electron chi connectivity index (χ1n) is 3.73. The standard InChI is InChI=1S/C8H13NO/c1-2-5-8(10)9-6-3-4-7-9/h2H,1,3-7H2/i8+2. The summed E-state index contributed by atoms with van der Waals surface area (Å²) in [5, 5.41) is 0. The van der Waals surface area contributed by atoms with Crippen molar-refractivity contribution < 1.29 is 4.79 Å². The number of carbonyl (C=O) groups excluding carboxylic acids is 1. The van der Waals surface area contributed by atoms with Crippen molar-refractivity contribution in [3.63, 3.8) is 0 Å². The molecule has 56 valence electrons. The summed E-state index contributed by atoms with van der Waals surface area (Å²) in [6.07, 6.45) is 4.51. The second kappa shape index (κ2) is 3.40. The van der Waals surface area contributed by atoms with Crippen molar-refractivity contribution in [2.24, 2.45) is 0 Å². The van der Waals surface area contributed by atoms with Gasteiger partial charge in [0.2, 0.25) is 5.91 Å². The number of hydrogen-bond acceptors (Lipinski definition) is 1. The van der Waals surface area contributed by atoms with E-state index in [4.69, 9.17) is 0 Å². The molecule has 1 aliphatic rings. The van der Waals surface area contributed by atoms with Crippen LogP contribution in [0.1, 0.15) is 19.3 Å². The molecular weight excluding hydrogens is 128 g/mol. The lowest BCUT2D eigenvalue weighted by Crippen LogP contribution is -2.26. The summed E-state index contributed by atoms with van der Waals surface area (Å²) in [7, 11) is 0. The Kier molecular flexibility index (Phi) is 2.49. The molecule has 0 saturated carbocycles. The fraction of sp³-hybridized carbons (Fsp3) is 0.625. The molecule has 1 amide bonds. The van der Waals surface area contributed by atoms with Gasteiger partial charge in [0.25, 0.3) is 0 Å².